The summed E-state index contributed by atoms with van der Waals surface area (Å²) in [6, 6.07) is 3.84. The number of hydrogen-bond acceptors (Lipinski definition) is 5. The summed E-state index contributed by atoms with van der Waals surface area (Å²) < 4.78 is 5.29. The largest absolute Gasteiger partial charge is 0.491 e. The van der Waals surface area contributed by atoms with Gasteiger partial charge in [-0.15, -0.1) is 0 Å². The van der Waals surface area contributed by atoms with Crippen LogP contribution in [-0.2, 0) is 4.79 Å². The van der Waals surface area contributed by atoms with E-state index in [1.165, 1.54) is 32.2 Å². The molecule has 0 aliphatic heterocycles. The Morgan fingerprint density at radius 2 is 2.26 bits per heavy atom. The van der Waals surface area contributed by atoms with E-state index < -0.39 is 16.4 Å². The van der Waals surface area contributed by atoms with E-state index in [-0.39, 0.29) is 23.1 Å². The molecular formula is C11H13ClN2O5. The number of hydrogen-bond donors (Lipinski definition) is 2. The lowest BCUT2D eigenvalue weighted by atomic mass is 10.1. The highest BCUT2D eigenvalue weighted by atomic mass is 35.5. The number of ether oxygens (including phenoxy) is 1. The minimum atomic E-state index is -1.26. The Balaban J connectivity index is 2.82. The van der Waals surface area contributed by atoms with Gasteiger partial charge in [0.1, 0.15) is 22.9 Å². The molecule has 0 spiro atoms. The zero-order valence-corrected chi connectivity index (χ0v) is 11.1. The first-order chi connectivity index (χ1) is 8.80. The molecule has 0 bridgehead atoms. The SMILES string of the molecule is CNC(C)(COc1ccc([N+](=O)[O-])c(Cl)c1)C(=O)O. The van der Waals surface area contributed by atoms with Gasteiger partial charge in [0, 0.05) is 12.1 Å². The maximum absolute atomic E-state index is 11.0. The first kappa shape index (κ1) is 15.2. The molecule has 1 aromatic carbocycles. The summed E-state index contributed by atoms with van der Waals surface area (Å²) in [7, 11) is 1.50. The second kappa shape index (κ2) is 5.85. The molecule has 0 saturated carbocycles. The van der Waals surface area contributed by atoms with E-state index in [2.05, 4.69) is 5.32 Å². The third-order valence-corrected chi connectivity index (χ3v) is 2.97. The van der Waals surface area contributed by atoms with Crippen molar-refractivity contribution in [1.29, 1.82) is 0 Å². The van der Waals surface area contributed by atoms with Crippen LogP contribution >= 0.6 is 11.6 Å². The molecule has 1 rings (SSSR count). The van der Waals surface area contributed by atoms with Gasteiger partial charge in [0.25, 0.3) is 5.69 Å². The Kier molecular flexibility index (Phi) is 4.68. The minimum absolute atomic E-state index is 0.0658. The van der Waals surface area contributed by atoms with Gasteiger partial charge in [-0.1, -0.05) is 11.6 Å². The second-order valence-electron chi connectivity index (χ2n) is 4.05. The number of nitro benzene ring substituents is 1. The standard InChI is InChI=1S/C11H13ClN2O5/c1-11(13-2,10(15)16)6-19-7-3-4-9(14(17)18)8(12)5-7/h3-5,13H,6H2,1-2H3,(H,15,16). The van der Waals surface area contributed by atoms with E-state index in [9.17, 15) is 14.9 Å². The molecule has 1 atom stereocenters. The molecule has 8 heteroatoms. The fourth-order valence-corrected chi connectivity index (χ4v) is 1.43. The van der Waals surface area contributed by atoms with Crippen molar-refractivity contribution < 1.29 is 19.6 Å². The van der Waals surface area contributed by atoms with Crippen molar-refractivity contribution in [3.8, 4) is 5.75 Å². The molecule has 19 heavy (non-hydrogen) atoms. The summed E-state index contributed by atoms with van der Waals surface area (Å²) in [5.41, 5.74) is -1.49. The normalized spacial score (nSPS) is 13.6. The monoisotopic (exact) mass is 288 g/mol. The van der Waals surface area contributed by atoms with Gasteiger partial charge in [-0.3, -0.25) is 14.9 Å². The smallest absolute Gasteiger partial charge is 0.327 e. The summed E-state index contributed by atoms with van der Waals surface area (Å²) in [4.78, 5) is 21.0. The first-order valence-corrected chi connectivity index (χ1v) is 5.67. The highest BCUT2D eigenvalue weighted by Gasteiger charge is 2.32. The summed E-state index contributed by atoms with van der Waals surface area (Å²) >= 11 is 5.72. The van der Waals surface area contributed by atoms with Crippen LogP contribution < -0.4 is 10.1 Å². The Hall–Kier alpha value is -1.86. The van der Waals surface area contributed by atoms with Crippen molar-refractivity contribution in [3.63, 3.8) is 0 Å². The molecule has 0 heterocycles. The molecule has 1 aromatic rings. The van der Waals surface area contributed by atoms with Crippen molar-refractivity contribution in [2.45, 2.75) is 12.5 Å². The minimum Gasteiger partial charge on any atom is -0.491 e. The molecule has 0 aliphatic rings. The Morgan fingerprint density at radius 3 is 2.68 bits per heavy atom. The molecule has 0 saturated heterocycles. The molecule has 7 nitrogen and oxygen atoms in total. The number of aliphatic carboxylic acids is 1. The number of carboxylic acid groups (broad SMARTS) is 1. The van der Waals surface area contributed by atoms with Gasteiger partial charge in [0.15, 0.2) is 0 Å². The van der Waals surface area contributed by atoms with Crippen molar-refractivity contribution in [2.24, 2.45) is 0 Å². The molecule has 0 fully saturated rings. The number of likely N-dealkylation sites (N-methyl/N-ethyl adjacent to an activating group) is 1. The van der Waals surface area contributed by atoms with E-state index in [1.54, 1.807) is 0 Å². The first-order valence-electron chi connectivity index (χ1n) is 5.29. The van der Waals surface area contributed by atoms with E-state index in [4.69, 9.17) is 21.4 Å². The fourth-order valence-electron chi connectivity index (χ4n) is 1.19. The van der Waals surface area contributed by atoms with Crippen LogP contribution in [0.1, 0.15) is 6.92 Å². The highest BCUT2D eigenvalue weighted by Crippen LogP contribution is 2.28. The quantitative estimate of drug-likeness (QED) is 0.610. The average molecular weight is 289 g/mol. The summed E-state index contributed by atoms with van der Waals surface area (Å²) in [5, 5.41) is 22.2. The average Bonchev–Trinajstić information content (AvgIpc) is 2.35. The van der Waals surface area contributed by atoms with Gasteiger partial charge >= 0.3 is 5.97 Å². The molecule has 0 radical (unpaired) electrons. The van der Waals surface area contributed by atoms with Gasteiger partial charge in [0.05, 0.1) is 4.92 Å². The number of nitro groups is 1. The predicted octanol–water partition coefficient (Wildman–Crippen LogP) is 1.69. The van der Waals surface area contributed by atoms with Crippen LogP contribution in [0.4, 0.5) is 5.69 Å². The molecular weight excluding hydrogens is 276 g/mol. The van der Waals surface area contributed by atoms with Gasteiger partial charge < -0.3 is 15.2 Å². The number of halogens is 1. The van der Waals surface area contributed by atoms with E-state index in [1.807, 2.05) is 0 Å². The zero-order valence-electron chi connectivity index (χ0n) is 10.3. The van der Waals surface area contributed by atoms with Crippen molar-refractivity contribution >= 4 is 23.3 Å². The third-order valence-electron chi connectivity index (χ3n) is 2.67. The molecule has 1 unspecified atom stereocenters. The fraction of sp³-hybridized carbons (Fsp3) is 0.364. The molecule has 0 aliphatic carbocycles. The summed E-state index contributed by atoms with van der Waals surface area (Å²) in [6.07, 6.45) is 0. The summed E-state index contributed by atoms with van der Waals surface area (Å²) in [6.45, 7) is 1.31. The number of benzene rings is 1. The van der Waals surface area contributed by atoms with Gasteiger partial charge in [-0.2, -0.15) is 0 Å². The van der Waals surface area contributed by atoms with Gasteiger partial charge in [-0.25, -0.2) is 0 Å². The van der Waals surface area contributed by atoms with Crippen LogP contribution in [0.5, 0.6) is 5.75 Å². The zero-order chi connectivity index (χ0) is 14.6. The van der Waals surface area contributed by atoms with Crippen LogP contribution in [0.15, 0.2) is 18.2 Å². The predicted molar refractivity (Wildman–Crippen MR) is 68.7 cm³/mol. The van der Waals surface area contributed by atoms with Gasteiger partial charge in [0.2, 0.25) is 0 Å². The lowest BCUT2D eigenvalue weighted by molar-refractivity contribution is -0.384. The lowest BCUT2D eigenvalue weighted by Crippen LogP contribution is -2.52. The Labute approximate surface area is 114 Å². The Morgan fingerprint density at radius 1 is 1.63 bits per heavy atom. The maximum atomic E-state index is 11.0. The molecule has 0 aromatic heterocycles. The van der Waals surface area contributed by atoms with Crippen molar-refractivity contribution in [2.75, 3.05) is 13.7 Å². The summed E-state index contributed by atoms with van der Waals surface area (Å²) in [5.74, 6) is -0.804. The van der Waals surface area contributed by atoms with Crippen LogP contribution in [0.2, 0.25) is 5.02 Å². The highest BCUT2D eigenvalue weighted by molar-refractivity contribution is 6.32. The number of rotatable bonds is 6. The topological polar surface area (TPSA) is 102 Å². The van der Waals surface area contributed by atoms with Crippen molar-refractivity contribution in [1.82, 2.24) is 5.32 Å². The van der Waals surface area contributed by atoms with E-state index in [0.29, 0.717) is 0 Å². The van der Waals surface area contributed by atoms with E-state index >= 15 is 0 Å². The van der Waals surface area contributed by atoms with Crippen molar-refractivity contribution in [3.05, 3.63) is 33.3 Å². The number of nitrogens with zero attached hydrogens (tertiary/aromatic N) is 1. The van der Waals surface area contributed by atoms with Gasteiger partial charge in [-0.05, 0) is 20.0 Å². The van der Waals surface area contributed by atoms with E-state index in [0.717, 1.165) is 0 Å². The third kappa shape index (κ3) is 3.55. The van der Waals surface area contributed by atoms with Crippen LogP contribution in [-0.4, -0.2) is 35.2 Å². The second-order valence-corrected chi connectivity index (χ2v) is 4.45. The number of carboxylic acids is 1. The lowest BCUT2D eigenvalue weighted by Gasteiger charge is -2.24. The molecule has 104 valence electrons. The maximum Gasteiger partial charge on any atom is 0.327 e. The van der Waals surface area contributed by atoms with Crippen LogP contribution in [0, 0.1) is 10.1 Å². The van der Waals surface area contributed by atoms with Crippen LogP contribution in [0.25, 0.3) is 0 Å². The molecule has 0 amide bonds. The number of nitrogens with one attached hydrogen (secondary N) is 1. The Bertz CT molecular complexity index is 508. The van der Waals surface area contributed by atoms with Crippen LogP contribution in [0.3, 0.4) is 0 Å². The molecule has 2 N–H and O–H groups in total. The number of carbonyl (C=O) groups is 1.